The molecule has 0 saturated heterocycles. The van der Waals surface area contributed by atoms with Gasteiger partial charge in [-0.2, -0.15) is 0 Å². The van der Waals surface area contributed by atoms with E-state index >= 15 is 0 Å². The molecule has 0 radical (unpaired) electrons. The topological polar surface area (TPSA) is 0 Å². The molecule has 1 unspecified atom stereocenters. The van der Waals surface area contributed by atoms with Gasteiger partial charge in [0.25, 0.3) is 0 Å². The van der Waals surface area contributed by atoms with Gasteiger partial charge in [-0.3, -0.25) is 0 Å². The second-order valence-electron chi connectivity index (χ2n) is 2.22. The van der Waals surface area contributed by atoms with Crippen LogP contribution < -0.4 is 0 Å². The van der Waals surface area contributed by atoms with Gasteiger partial charge in [-0.25, -0.2) is 0 Å². The van der Waals surface area contributed by atoms with Crippen LogP contribution in [0, 0.1) is 5.92 Å². The molecule has 0 aliphatic rings. The summed E-state index contributed by atoms with van der Waals surface area (Å²) in [6.45, 7) is 6.62. The van der Waals surface area contributed by atoms with Crippen molar-refractivity contribution in [2.24, 2.45) is 5.92 Å². The van der Waals surface area contributed by atoms with Crippen LogP contribution in [0.1, 0.15) is 33.6 Å². The second kappa shape index (κ2) is 4.89. The Labute approximate surface area is 52.6 Å². The minimum Gasteiger partial charge on any atom is -0.0885 e. The van der Waals surface area contributed by atoms with Gasteiger partial charge >= 0.3 is 0 Å². The van der Waals surface area contributed by atoms with Gasteiger partial charge in [-0.15, -0.1) is 0 Å². The van der Waals surface area contributed by atoms with Crippen LogP contribution in [-0.4, -0.2) is 0 Å². The Morgan fingerprint density at radius 2 is 2.00 bits per heavy atom. The first-order chi connectivity index (χ1) is 3.81. The smallest absolute Gasteiger partial charge is 0.0265 e. The zero-order valence-electron chi connectivity index (χ0n) is 6.15. The maximum absolute atomic E-state index is 2.28. The number of allylic oxidation sites excluding steroid dienone is 2. The maximum atomic E-state index is 2.28. The van der Waals surface area contributed by atoms with E-state index in [2.05, 4.69) is 32.9 Å². The largest absolute Gasteiger partial charge is 0.0885 e. The van der Waals surface area contributed by atoms with E-state index < -0.39 is 0 Å². The monoisotopic (exact) mass is 112 g/mol. The Kier molecular flexibility index (Phi) is 4.73. The van der Waals surface area contributed by atoms with Gasteiger partial charge in [0.1, 0.15) is 0 Å². The summed E-state index contributed by atoms with van der Waals surface area (Å²) in [6, 6.07) is 0. The highest BCUT2D eigenvalue weighted by atomic mass is 13.9. The highest BCUT2D eigenvalue weighted by Gasteiger charge is 1.87. The van der Waals surface area contributed by atoms with Crippen LogP contribution in [-0.2, 0) is 0 Å². The summed E-state index contributed by atoms with van der Waals surface area (Å²) in [5.74, 6) is 0.773. The fourth-order valence-electron chi connectivity index (χ4n) is 0.504. The molecule has 0 heteroatoms. The molecule has 0 nitrogen and oxygen atoms in total. The van der Waals surface area contributed by atoms with Crippen LogP contribution in [0.3, 0.4) is 0 Å². The van der Waals surface area contributed by atoms with E-state index in [-0.39, 0.29) is 0 Å². The molecule has 0 fully saturated rings. The Balaban J connectivity index is 3.21. The first kappa shape index (κ1) is 7.74. The van der Waals surface area contributed by atoms with Crippen molar-refractivity contribution in [2.45, 2.75) is 33.6 Å². The average Bonchev–Trinajstić information content (AvgIpc) is 1.83. The molecular weight excluding hydrogens is 96.1 g/mol. The predicted molar refractivity (Wildman–Crippen MR) is 38.9 cm³/mol. The van der Waals surface area contributed by atoms with E-state index in [1.54, 1.807) is 0 Å². The van der Waals surface area contributed by atoms with Crippen molar-refractivity contribution in [3.63, 3.8) is 0 Å². The molecule has 0 saturated carbocycles. The van der Waals surface area contributed by atoms with Crippen LogP contribution in [0.15, 0.2) is 12.2 Å². The van der Waals surface area contributed by atoms with Crippen molar-refractivity contribution in [2.75, 3.05) is 0 Å². The van der Waals surface area contributed by atoms with Crippen LogP contribution in [0.25, 0.3) is 0 Å². The third kappa shape index (κ3) is 3.91. The lowest BCUT2D eigenvalue weighted by atomic mass is 10.1. The highest BCUT2D eigenvalue weighted by Crippen LogP contribution is 2.01. The van der Waals surface area contributed by atoms with Crippen molar-refractivity contribution >= 4 is 0 Å². The summed E-state index contributed by atoms with van der Waals surface area (Å²) in [5, 5.41) is 0. The van der Waals surface area contributed by atoms with E-state index in [1.165, 1.54) is 12.8 Å². The second-order valence-corrected chi connectivity index (χ2v) is 2.22. The molecule has 0 aromatic heterocycles. The van der Waals surface area contributed by atoms with Crippen LogP contribution in [0.5, 0.6) is 0 Å². The van der Waals surface area contributed by atoms with Crippen molar-refractivity contribution < 1.29 is 0 Å². The van der Waals surface area contributed by atoms with E-state index in [0.717, 1.165) is 5.92 Å². The number of hydrogen-bond donors (Lipinski definition) is 0. The molecule has 0 heterocycles. The Morgan fingerprint density at radius 3 is 2.38 bits per heavy atom. The van der Waals surface area contributed by atoms with Gasteiger partial charge < -0.3 is 0 Å². The average molecular weight is 112 g/mol. The van der Waals surface area contributed by atoms with Gasteiger partial charge in [-0.05, 0) is 12.3 Å². The lowest BCUT2D eigenvalue weighted by Gasteiger charge is -1.96. The molecule has 1 atom stereocenters. The van der Waals surface area contributed by atoms with Gasteiger partial charge in [0, 0.05) is 0 Å². The first-order valence-electron chi connectivity index (χ1n) is 3.47. The molecule has 0 aliphatic carbocycles. The fourth-order valence-corrected chi connectivity index (χ4v) is 0.504. The van der Waals surface area contributed by atoms with Crippen molar-refractivity contribution in [1.29, 1.82) is 0 Å². The molecular formula is C8H16. The zero-order chi connectivity index (χ0) is 6.41. The SMILES string of the molecule is CCC=CC(C)CC. The van der Waals surface area contributed by atoms with E-state index in [9.17, 15) is 0 Å². The Bertz CT molecular complexity index is 62.4. The number of hydrogen-bond acceptors (Lipinski definition) is 0. The van der Waals surface area contributed by atoms with E-state index in [0.29, 0.717) is 0 Å². The normalized spacial score (nSPS) is 14.9. The lowest BCUT2D eigenvalue weighted by molar-refractivity contribution is 0.695. The third-order valence-corrected chi connectivity index (χ3v) is 1.34. The molecule has 0 spiro atoms. The van der Waals surface area contributed by atoms with Crippen molar-refractivity contribution in [3.8, 4) is 0 Å². The summed E-state index contributed by atoms with van der Waals surface area (Å²) in [7, 11) is 0. The molecule has 8 heavy (non-hydrogen) atoms. The molecule has 0 aliphatic heterocycles. The van der Waals surface area contributed by atoms with Crippen LogP contribution in [0.4, 0.5) is 0 Å². The first-order valence-corrected chi connectivity index (χ1v) is 3.47. The molecule has 48 valence electrons. The standard InChI is InChI=1S/C8H16/c1-4-6-7-8(3)5-2/h6-8H,4-5H2,1-3H3. The third-order valence-electron chi connectivity index (χ3n) is 1.34. The quantitative estimate of drug-likeness (QED) is 0.492. The lowest BCUT2D eigenvalue weighted by Crippen LogP contribution is -1.82. The number of rotatable bonds is 3. The molecule has 0 rings (SSSR count). The summed E-state index contributed by atoms with van der Waals surface area (Å²) < 4.78 is 0. The maximum Gasteiger partial charge on any atom is -0.0265 e. The Hall–Kier alpha value is -0.260. The fraction of sp³-hybridized carbons (Fsp3) is 0.750. The highest BCUT2D eigenvalue weighted by molar-refractivity contribution is 4.84. The molecule has 0 bridgehead atoms. The summed E-state index contributed by atoms with van der Waals surface area (Å²) in [5.41, 5.74) is 0. The van der Waals surface area contributed by atoms with Gasteiger partial charge in [0.05, 0.1) is 0 Å². The summed E-state index contributed by atoms with van der Waals surface area (Å²) >= 11 is 0. The predicted octanol–water partition coefficient (Wildman–Crippen LogP) is 3.00. The van der Waals surface area contributed by atoms with Crippen molar-refractivity contribution in [3.05, 3.63) is 12.2 Å². The minimum atomic E-state index is 0.773. The summed E-state index contributed by atoms with van der Waals surface area (Å²) in [4.78, 5) is 0. The van der Waals surface area contributed by atoms with Crippen molar-refractivity contribution in [1.82, 2.24) is 0 Å². The molecule has 0 amide bonds. The van der Waals surface area contributed by atoms with Crippen LogP contribution >= 0.6 is 0 Å². The van der Waals surface area contributed by atoms with Gasteiger partial charge in [0.15, 0.2) is 0 Å². The van der Waals surface area contributed by atoms with E-state index in [4.69, 9.17) is 0 Å². The van der Waals surface area contributed by atoms with Crippen LogP contribution in [0.2, 0.25) is 0 Å². The zero-order valence-corrected chi connectivity index (χ0v) is 6.15. The van der Waals surface area contributed by atoms with Gasteiger partial charge in [-0.1, -0.05) is 39.3 Å². The summed E-state index contributed by atoms with van der Waals surface area (Å²) in [6.07, 6.45) is 6.94. The molecule has 0 aromatic rings. The Morgan fingerprint density at radius 1 is 1.38 bits per heavy atom. The molecule has 0 N–H and O–H groups in total. The minimum absolute atomic E-state index is 0.773. The molecule has 0 aromatic carbocycles. The van der Waals surface area contributed by atoms with Gasteiger partial charge in [0.2, 0.25) is 0 Å². The van der Waals surface area contributed by atoms with E-state index in [1.807, 2.05) is 0 Å².